The van der Waals surface area contributed by atoms with E-state index >= 15 is 0 Å². The van der Waals surface area contributed by atoms with Crippen molar-refractivity contribution in [3.63, 3.8) is 0 Å². The lowest BCUT2D eigenvalue weighted by Gasteiger charge is -2.37. The summed E-state index contributed by atoms with van der Waals surface area (Å²) in [5, 5.41) is 2.71. The van der Waals surface area contributed by atoms with Crippen LogP contribution in [0.1, 0.15) is 18.5 Å². The third-order valence-corrected chi connectivity index (χ3v) is 3.41. The normalized spacial score (nSPS) is 22.0. The topological polar surface area (TPSA) is 75.2 Å². The van der Waals surface area contributed by atoms with Gasteiger partial charge in [-0.05, 0) is 12.5 Å². The summed E-state index contributed by atoms with van der Waals surface area (Å²) in [7, 11) is 0. The van der Waals surface area contributed by atoms with Crippen molar-refractivity contribution in [2.45, 2.75) is 19.0 Å². The van der Waals surface area contributed by atoms with Crippen LogP contribution in [-0.4, -0.2) is 27.8 Å². The molecular weight excluding hydrogens is 268 g/mol. The van der Waals surface area contributed by atoms with Crippen LogP contribution in [0.3, 0.4) is 0 Å². The van der Waals surface area contributed by atoms with Crippen LogP contribution in [0.5, 0.6) is 0 Å². The van der Waals surface area contributed by atoms with Crippen LogP contribution in [0.25, 0.3) is 0 Å². The Bertz CT molecular complexity index is 660. The number of piperazine rings is 1. The van der Waals surface area contributed by atoms with Gasteiger partial charge in [-0.1, -0.05) is 30.3 Å². The number of hydrogen-bond donors (Lipinski definition) is 1. The van der Waals surface area contributed by atoms with E-state index in [0.717, 1.165) is 5.56 Å². The van der Waals surface area contributed by atoms with E-state index in [1.54, 1.807) is 6.92 Å². The van der Waals surface area contributed by atoms with Crippen molar-refractivity contribution < 1.29 is 9.59 Å². The van der Waals surface area contributed by atoms with Crippen LogP contribution in [0.15, 0.2) is 49.1 Å². The lowest BCUT2D eigenvalue weighted by atomic mass is 9.99. The molecule has 1 aromatic carbocycles. The molecule has 0 radical (unpaired) electrons. The largest absolute Gasteiger partial charge is 0.342 e. The fraction of sp³-hybridized carbons (Fsp3) is 0.200. The number of carbonyl (C=O) groups is 2. The van der Waals surface area contributed by atoms with E-state index in [1.165, 1.54) is 23.6 Å². The maximum absolute atomic E-state index is 12.5. The molecule has 1 fully saturated rings. The van der Waals surface area contributed by atoms with Crippen molar-refractivity contribution in [3.8, 4) is 0 Å². The summed E-state index contributed by atoms with van der Waals surface area (Å²) < 4.78 is 0. The molecule has 0 aliphatic carbocycles. The van der Waals surface area contributed by atoms with Crippen molar-refractivity contribution in [1.82, 2.24) is 15.3 Å². The predicted octanol–water partition coefficient (Wildman–Crippen LogP) is 1.07. The molecule has 2 heterocycles. The third kappa shape index (κ3) is 2.35. The Morgan fingerprint density at radius 1 is 1.10 bits per heavy atom. The first-order valence-corrected chi connectivity index (χ1v) is 6.62. The summed E-state index contributed by atoms with van der Waals surface area (Å²) in [5.41, 5.74) is 1.26. The van der Waals surface area contributed by atoms with Gasteiger partial charge in [0.05, 0.1) is 18.1 Å². The van der Waals surface area contributed by atoms with Crippen LogP contribution in [-0.2, 0) is 9.59 Å². The molecule has 1 aromatic heterocycles. The Kier molecular flexibility index (Phi) is 3.35. The highest BCUT2D eigenvalue weighted by Crippen LogP contribution is 2.30. The monoisotopic (exact) mass is 282 g/mol. The molecule has 1 saturated heterocycles. The molecule has 0 bridgehead atoms. The molecule has 106 valence electrons. The first-order chi connectivity index (χ1) is 10.2. The molecule has 2 atom stereocenters. The number of hydrogen-bond acceptors (Lipinski definition) is 4. The van der Waals surface area contributed by atoms with Gasteiger partial charge in [0.25, 0.3) is 0 Å². The number of nitrogens with zero attached hydrogens (tertiary/aromatic N) is 3. The first-order valence-electron chi connectivity index (χ1n) is 6.62. The van der Waals surface area contributed by atoms with Gasteiger partial charge in [0, 0.05) is 0 Å². The molecule has 2 aromatic rings. The van der Waals surface area contributed by atoms with Gasteiger partial charge in [-0.25, -0.2) is 9.97 Å². The van der Waals surface area contributed by atoms with Gasteiger partial charge in [-0.2, -0.15) is 0 Å². The van der Waals surface area contributed by atoms with Gasteiger partial charge in [0.1, 0.15) is 18.4 Å². The fourth-order valence-electron chi connectivity index (χ4n) is 2.43. The molecule has 1 aliphatic heterocycles. The average Bonchev–Trinajstić information content (AvgIpc) is 2.52. The molecule has 21 heavy (non-hydrogen) atoms. The van der Waals surface area contributed by atoms with E-state index in [1.807, 2.05) is 30.3 Å². The Morgan fingerprint density at radius 3 is 2.43 bits per heavy atom. The van der Waals surface area contributed by atoms with Gasteiger partial charge in [0.2, 0.25) is 11.8 Å². The highest BCUT2D eigenvalue weighted by molar-refractivity contribution is 6.08. The minimum atomic E-state index is -0.708. The minimum absolute atomic E-state index is 0.182. The number of rotatable bonds is 2. The van der Waals surface area contributed by atoms with Crippen LogP contribution in [0.4, 0.5) is 5.69 Å². The highest BCUT2D eigenvalue weighted by atomic mass is 16.2. The molecular formula is C15H14N4O2. The van der Waals surface area contributed by atoms with E-state index in [9.17, 15) is 9.59 Å². The summed E-state index contributed by atoms with van der Waals surface area (Å²) in [5.74, 6) is -0.393. The van der Waals surface area contributed by atoms with Crippen LogP contribution >= 0.6 is 0 Å². The van der Waals surface area contributed by atoms with Crippen molar-refractivity contribution in [3.05, 3.63) is 54.6 Å². The SMILES string of the molecule is CC1NC(=O)C(c2ccccc2)N(c2cncnc2)C1=O. The van der Waals surface area contributed by atoms with Crippen molar-refractivity contribution in [2.24, 2.45) is 0 Å². The van der Waals surface area contributed by atoms with Gasteiger partial charge in [-0.3, -0.25) is 14.5 Å². The van der Waals surface area contributed by atoms with E-state index in [2.05, 4.69) is 15.3 Å². The van der Waals surface area contributed by atoms with Crippen LogP contribution < -0.4 is 10.2 Å². The van der Waals surface area contributed by atoms with E-state index in [0.29, 0.717) is 5.69 Å². The maximum atomic E-state index is 12.5. The zero-order valence-electron chi connectivity index (χ0n) is 11.4. The summed E-state index contributed by atoms with van der Waals surface area (Å²) in [6, 6.07) is 7.91. The molecule has 3 rings (SSSR count). The number of nitrogens with one attached hydrogen (secondary N) is 1. The number of amides is 2. The van der Waals surface area contributed by atoms with Gasteiger partial charge < -0.3 is 5.32 Å². The van der Waals surface area contributed by atoms with E-state index in [-0.39, 0.29) is 11.8 Å². The standard InChI is InChI=1S/C15H14N4O2/c1-10-15(21)19(12-7-16-9-17-8-12)13(14(20)18-10)11-5-3-2-4-6-11/h2-10,13H,1H3,(H,18,20). The highest BCUT2D eigenvalue weighted by Gasteiger charge is 2.40. The smallest absolute Gasteiger partial charge is 0.250 e. The van der Waals surface area contributed by atoms with E-state index < -0.39 is 12.1 Å². The Morgan fingerprint density at radius 2 is 1.76 bits per heavy atom. The number of benzene rings is 1. The lowest BCUT2D eigenvalue weighted by Crippen LogP contribution is -2.58. The summed E-state index contributed by atoms with van der Waals surface area (Å²) in [4.78, 5) is 34.2. The summed E-state index contributed by atoms with van der Waals surface area (Å²) in [6.07, 6.45) is 4.46. The molecule has 1 N–H and O–H groups in total. The fourth-order valence-corrected chi connectivity index (χ4v) is 2.43. The molecule has 0 spiro atoms. The lowest BCUT2D eigenvalue weighted by molar-refractivity contribution is -0.133. The van der Waals surface area contributed by atoms with Gasteiger partial charge >= 0.3 is 0 Å². The zero-order chi connectivity index (χ0) is 14.8. The molecule has 6 nitrogen and oxygen atoms in total. The van der Waals surface area contributed by atoms with Gasteiger partial charge in [0.15, 0.2) is 0 Å². The second kappa shape index (κ2) is 5.32. The van der Waals surface area contributed by atoms with Crippen LogP contribution in [0.2, 0.25) is 0 Å². The minimum Gasteiger partial charge on any atom is -0.342 e. The maximum Gasteiger partial charge on any atom is 0.250 e. The first kappa shape index (κ1) is 13.2. The number of aromatic nitrogens is 2. The second-order valence-electron chi connectivity index (χ2n) is 4.85. The summed E-state index contributed by atoms with van der Waals surface area (Å²) in [6.45, 7) is 1.66. The molecule has 2 amide bonds. The van der Waals surface area contributed by atoms with Crippen LogP contribution in [0, 0.1) is 0 Å². The predicted molar refractivity (Wildman–Crippen MR) is 76.3 cm³/mol. The number of carbonyl (C=O) groups excluding carboxylic acids is 2. The van der Waals surface area contributed by atoms with Gasteiger partial charge in [-0.15, -0.1) is 0 Å². The Hall–Kier alpha value is -2.76. The molecule has 2 unspecified atom stereocenters. The Balaban J connectivity index is 2.09. The average molecular weight is 282 g/mol. The third-order valence-electron chi connectivity index (χ3n) is 3.41. The number of anilines is 1. The molecule has 6 heteroatoms. The summed E-state index contributed by atoms with van der Waals surface area (Å²) >= 11 is 0. The van der Waals surface area contributed by atoms with E-state index in [4.69, 9.17) is 0 Å². The molecule has 0 saturated carbocycles. The Labute approximate surface area is 121 Å². The van der Waals surface area contributed by atoms with Crippen molar-refractivity contribution in [1.29, 1.82) is 0 Å². The zero-order valence-corrected chi connectivity index (χ0v) is 11.4. The second-order valence-corrected chi connectivity index (χ2v) is 4.85. The quantitative estimate of drug-likeness (QED) is 0.894. The van der Waals surface area contributed by atoms with Crippen molar-refractivity contribution in [2.75, 3.05) is 4.90 Å². The molecule has 1 aliphatic rings. The van der Waals surface area contributed by atoms with Crippen molar-refractivity contribution >= 4 is 17.5 Å².